The van der Waals surface area contributed by atoms with Crippen LogP contribution in [0.1, 0.15) is 18.1 Å². The van der Waals surface area contributed by atoms with E-state index in [4.69, 9.17) is 9.47 Å². The van der Waals surface area contributed by atoms with Crippen molar-refractivity contribution in [2.45, 2.75) is 25.9 Å². The van der Waals surface area contributed by atoms with E-state index in [0.717, 1.165) is 49.8 Å². The summed E-state index contributed by atoms with van der Waals surface area (Å²) < 4.78 is 10.8. The molecule has 4 rings (SSSR count). The van der Waals surface area contributed by atoms with Crippen LogP contribution in [0.4, 0.5) is 0 Å². The molecular formula is C24H31N3O4+2. The molecule has 0 aliphatic carbocycles. The molecule has 0 saturated carbocycles. The van der Waals surface area contributed by atoms with Gasteiger partial charge in [-0.15, -0.1) is 0 Å². The SMILES string of the molecule is CC(=O)[C@H](Cc1ccccc1)NC(=O)C[NH+]1CC[NH+](Cc2ccc3c(c2)OCO3)CC1. The number of piperazine rings is 1. The summed E-state index contributed by atoms with van der Waals surface area (Å²) >= 11 is 0. The van der Waals surface area contributed by atoms with Gasteiger partial charge in [0.1, 0.15) is 32.7 Å². The lowest BCUT2D eigenvalue weighted by Gasteiger charge is -2.29. The monoisotopic (exact) mass is 425 g/mol. The lowest BCUT2D eigenvalue weighted by atomic mass is 10.0. The molecule has 1 saturated heterocycles. The second-order valence-corrected chi connectivity index (χ2v) is 8.46. The van der Waals surface area contributed by atoms with Crippen molar-refractivity contribution < 1.29 is 28.9 Å². The minimum absolute atomic E-state index is 0.00908. The predicted molar refractivity (Wildman–Crippen MR) is 115 cm³/mol. The topological polar surface area (TPSA) is 73.5 Å². The first-order chi connectivity index (χ1) is 15.1. The van der Waals surface area contributed by atoms with Crippen molar-refractivity contribution in [1.29, 1.82) is 0 Å². The number of hydrogen-bond donors (Lipinski definition) is 3. The van der Waals surface area contributed by atoms with Crippen LogP contribution in [0.15, 0.2) is 48.5 Å². The molecule has 0 unspecified atom stereocenters. The van der Waals surface area contributed by atoms with Gasteiger partial charge in [-0.2, -0.15) is 0 Å². The van der Waals surface area contributed by atoms with E-state index in [-0.39, 0.29) is 11.7 Å². The number of quaternary nitrogens is 2. The molecule has 7 nitrogen and oxygen atoms in total. The minimum Gasteiger partial charge on any atom is -0.454 e. The van der Waals surface area contributed by atoms with Crippen molar-refractivity contribution in [3.63, 3.8) is 0 Å². The Morgan fingerprint density at radius 3 is 2.39 bits per heavy atom. The summed E-state index contributed by atoms with van der Waals surface area (Å²) in [6, 6.07) is 15.5. The largest absolute Gasteiger partial charge is 0.454 e. The Kier molecular flexibility index (Phi) is 6.84. The first-order valence-corrected chi connectivity index (χ1v) is 11.0. The molecule has 2 aliphatic heterocycles. The number of ether oxygens (including phenoxy) is 2. The Balaban J connectivity index is 1.22. The Morgan fingerprint density at radius 1 is 0.935 bits per heavy atom. The lowest BCUT2D eigenvalue weighted by Crippen LogP contribution is -3.28. The first kappa shape index (κ1) is 21.3. The number of benzene rings is 2. The zero-order valence-electron chi connectivity index (χ0n) is 18.0. The number of carbonyl (C=O) groups excluding carboxylic acids is 2. The van der Waals surface area contributed by atoms with Gasteiger partial charge in [0.05, 0.1) is 6.04 Å². The molecule has 0 spiro atoms. The predicted octanol–water partition coefficient (Wildman–Crippen LogP) is -0.985. The molecule has 0 radical (unpaired) electrons. The average molecular weight is 426 g/mol. The Morgan fingerprint density at radius 2 is 1.65 bits per heavy atom. The maximum Gasteiger partial charge on any atom is 0.275 e. The number of Topliss-reactive ketones (excluding diaryl/α,β-unsaturated/α-hetero) is 1. The van der Waals surface area contributed by atoms with Gasteiger partial charge >= 0.3 is 0 Å². The molecule has 31 heavy (non-hydrogen) atoms. The van der Waals surface area contributed by atoms with Crippen LogP contribution in [0, 0.1) is 0 Å². The number of carbonyl (C=O) groups is 2. The smallest absolute Gasteiger partial charge is 0.275 e. The zero-order valence-corrected chi connectivity index (χ0v) is 18.0. The Bertz CT molecular complexity index is 910. The van der Waals surface area contributed by atoms with E-state index in [1.54, 1.807) is 6.92 Å². The van der Waals surface area contributed by atoms with Gasteiger partial charge in [-0.1, -0.05) is 30.3 Å². The van der Waals surface area contributed by atoms with Crippen molar-refractivity contribution in [2.24, 2.45) is 0 Å². The summed E-state index contributed by atoms with van der Waals surface area (Å²) in [4.78, 5) is 27.4. The fraction of sp³-hybridized carbons (Fsp3) is 0.417. The number of hydrogen-bond acceptors (Lipinski definition) is 4. The molecule has 1 fully saturated rings. The standard InChI is InChI=1S/C24H29N3O4/c1-18(28)21(13-19-5-3-2-4-6-19)25-24(29)16-27-11-9-26(10-12-27)15-20-7-8-22-23(14-20)31-17-30-22/h2-8,14,21H,9-13,15-17H2,1H3,(H,25,29)/p+2/t21-/m0/s1. The van der Waals surface area contributed by atoms with Gasteiger partial charge in [0.2, 0.25) is 6.79 Å². The van der Waals surface area contributed by atoms with Crippen molar-refractivity contribution in [3.05, 3.63) is 59.7 Å². The molecule has 164 valence electrons. The van der Waals surface area contributed by atoms with Crippen molar-refractivity contribution in [1.82, 2.24) is 5.32 Å². The Hall–Kier alpha value is -2.90. The molecule has 0 bridgehead atoms. The maximum atomic E-state index is 12.6. The summed E-state index contributed by atoms with van der Waals surface area (Å²) in [7, 11) is 0. The highest BCUT2D eigenvalue weighted by atomic mass is 16.7. The number of nitrogens with one attached hydrogen (secondary N) is 3. The molecular weight excluding hydrogens is 394 g/mol. The summed E-state index contributed by atoms with van der Waals surface area (Å²) in [6.45, 7) is 7.10. The van der Waals surface area contributed by atoms with Crippen LogP contribution in [0.5, 0.6) is 11.5 Å². The van der Waals surface area contributed by atoms with E-state index < -0.39 is 6.04 Å². The maximum absolute atomic E-state index is 12.6. The molecule has 1 atom stereocenters. The summed E-state index contributed by atoms with van der Waals surface area (Å²) in [6.07, 6.45) is 0.532. The second kappa shape index (κ2) is 9.94. The zero-order chi connectivity index (χ0) is 21.6. The van der Waals surface area contributed by atoms with Crippen LogP contribution in [0.3, 0.4) is 0 Å². The lowest BCUT2D eigenvalue weighted by molar-refractivity contribution is -1.02. The molecule has 3 N–H and O–H groups in total. The summed E-state index contributed by atoms with van der Waals surface area (Å²) in [5.41, 5.74) is 2.29. The van der Waals surface area contributed by atoms with E-state index in [9.17, 15) is 9.59 Å². The number of amides is 1. The third-order valence-electron chi connectivity index (χ3n) is 6.07. The molecule has 7 heteroatoms. The first-order valence-electron chi connectivity index (χ1n) is 11.0. The van der Waals surface area contributed by atoms with Crippen molar-refractivity contribution >= 4 is 11.7 Å². The van der Waals surface area contributed by atoms with E-state index in [0.29, 0.717) is 19.8 Å². The highest BCUT2D eigenvalue weighted by Gasteiger charge is 2.27. The number of rotatable bonds is 8. The molecule has 2 aliphatic rings. The third kappa shape index (κ3) is 5.83. The van der Waals surface area contributed by atoms with Gasteiger partial charge in [-0.25, -0.2) is 0 Å². The summed E-state index contributed by atoms with van der Waals surface area (Å²) in [5.74, 6) is 1.58. The Labute approximate surface area is 182 Å². The van der Waals surface area contributed by atoms with Crippen LogP contribution in [-0.4, -0.2) is 57.2 Å². The summed E-state index contributed by atoms with van der Waals surface area (Å²) in [5, 5.41) is 2.95. The highest BCUT2D eigenvalue weighted by molar-refractivity contribution is 5.88. The van der Waals surface area contributed by atoms with E-state index in [2.05, 4.69) is 17.4 Å². The van der Waals surface area contributed by atoms with Crippen LogP contribution in [0.2, 0.25) is 0 Å². The molecule has 2 aromatic rings. The van der Waals surface area contributed by atoms with Gasteiger partial charge in [0.25, 0.3) is 5.91 Å². The average Bonchev–Trinajstić information content (AvgIpc) is 3.23. The molecule has 1 amide bonds. The van der Waals surface area contributed by atoms with Gasteiger partial charge in [-0.05, 0) is 37.1 Å². The van der Waals surface area contributed by atoms with Crippen molar-refractivity contribution in [2.75, 3.05) is 39.5 Å². The van der Waals surface area contributed by atoms with E-state index >= 15 is 0 Å². The fourth-order valence-electron chi connectivity index (χ4n) is 4.27. The van der Waals surface area contributed by atoms with Crippen molar-refractivity contribution in [3.8, 4) is 11.5 Å². The quantitative estimate of drug-likeness (QED) is 0.508. The van der Waals surface area contributed by atoms with Crippen LogP contribution in [-0.2, 0) is 22.6 Å². The second-order valence-electron chi connectivity index (χ2n) is 8.46. The van der Waals surface area contributed by atoms with Gasteiger partial charge in [-0.3, -0.25) is 9.59 Å². The normalized spacial score (nSPS) is 20.8. The number of fused-ring (bicyclic) bond motifs is 1. The molecule has 2 aromatic carbocycles. The highest BCUT2D eigenvalue weighted by Crippen LogP contribution is 2.32. The van der Waals surface area contributed by atoms with Gasteiger partial charge in [0.15, 0.2) is 23.8 Å². The van der Waals surface area contributed by atoms with Gasteiger partial charge < -0.3 is 24.6 Å². The van der Waals surface area contributed by atoms with E-state index in [1.165, 1.54) is 15.4 Å². The minimum atomic E-state index is -0.466. The van der Waals surface area contributed by atoms with Crippen LogP contribution >= 0.6 is 0 Å². The van der Waals surface area contributed by atoms with Gasteiger partial charge in [0, 0.05) is 5.56 Å². The number of ketones is 1. The molecule has 0 aromatic heterocycles. The molecule has 2 heterocycles. The van der Waals surface area contributed by atoms with Crippen LogP contribution in [0.25, 0.3) is 0 Å². The fourth-order valence-corrected chi connectivity index (χ4v) is 4.27. The van der Waals surface area contributed by atoms with Crippen LogP contribution < -0.4 is 24.6 Å². The van der Waals surface area contributed by atoms with E-state index in [1.807, 2.05) is 36.4 Å². The third-order valence-corrected chi connectivity index (χ3v) is 6.07.